The Morgan fingerprint density at radius 2 is 2.27 bits per heavy atom. The van der Waals surface area contributed by atoms with Crippen molar-refractivity contribution >= 4 is 5.97 Å². The minimum absolute atomic E-state index is 0.115. The maximum absolute atomic E-state index is 11.6. The van der Waals surface area contributed by atoms with Gasteiger partial charge in [0.15, 0.2) is 0 Å². The lowest BCUT2D eigenvalue weighted by atomic mass is 9.89. The van der Waals surface area contributed by atoms with E-state index in [1.807, 2.05) is 6.92 Å². The van der Waals surface area contributed by atoms with E-state index in [4.69, 9.17) is 10.5 Å². The number of rotatable bonds is 4. The Balaban J connectivity index is 2.30. The van der Waals surface area contributed by atoms with Gasteiger partial charge in [-0.15, -0.1) is 0 Å². The van der Waals surface area contributed by atoms with Crippen molar-refractivity contribution in [3.05, 3.63) is 0 Å². The maximum atomic E-state index is 11.6. The summed E-state index contributed by atoms with van der Waals surface area (Å²) in [6, 6.07) is -0.424. The summed E-state index contributed by atoms with van der Waals surface area (Å²) in [5.74, 6) is 0.467. The van der Waals surface area contributed by atoms with Crippen molar-refractivity contribution in [2.45, 2.75) is 64.5 Å². The Morgan fingerprint density at radius 3 is 2.87 bits per heavy atom. The van der Waals surface area contributed by atoms with Gasteiger partial charge in [0.25, 0.3) is 0 Å². The van der Waals surface area contributed by atoms with Crippen LogP contribution in [0, 0.1) is 5.92 Å². The molecule has 1 aliphatic carbocycles. The van der Waals surface area contributed by atoms with E-state index >= 15 is 0 Å². The monoisotopic (exact) mass is 213 g/mol. The number of hydrogen-bond donors (Lipinski definition) is 1. The lowest BCUT2D eigenvalue weighted by Crippen LogP contribution is -2.36. The molecule has 1 rings (SSSR count). The first-order chi connectivity index (χ1) is 7.13. The second-order valence-electron chi connectivity index (χ2n) is 4.73. The van der Waals surface area contributed by atoms with E-state index in [0.29, 0.717) is 5.92 Å². The van der Waals surface area contributed by atoms with Crippen molar-refractivity contribution in [3.8, 4) is 0 Å². The summed E-state index contributed by atoms with van der Waals surface area (Å²) in [5, 5.41) is 0. The van der Waals surface area contributed by atoms with E-state index in [1.54, 1.807) is 0 Å². The van der Waals surface area contributed by atoms with E-state index in [9.17, 15) is 4.79 Å². The summed E-state index contributed by atoms with van der Waals surface area (Å²) in [6.45, 7) is 4.24. The molecule has 0 aliphatic heterocycles. The summed E-state index contributed by atoms with van der Waals surface area (Å²) in [6.07, 6.45) is 6.21. The molecule has 2 unspecified atom stereocenters. The Morgan fingerprint density at radius 1 is 1.53 bits per heavy atom. The van der Waals surface area contributed by atoms with Crippen LogP contribution in [0.3, 0.4) is 0 Å². The van der Waals surface area contributed by atoms with Gasteiger partial charge in [0.1, 0.15) is 12.1 Å². The van der Waals surface area contributed by atoms with Crippen LogP contribution in [0.15, 0.2) is 0 Å². The van der Waals surface area contributed by atoms with Gasteiger partial charge in [-0.05, 0) is 31.6 Å². The number of carbonyl (C=O) groups is 1. The summed E-state index contributed by atoms with van der Waals surface area (Å²) in [4.78, 5) is 11.6. The summed E-state index contributed by atoms with van der Waals surface area (Å²) < 4.78 is 5.41. The summed E-state index contributed by atoms with van der Waals surface area (Å²) in [7, 11) is 0. The van der Waals surface area contributed by atoms with Gasteiger partial charge in [0.2, 0.25) is 0 Å². The number of nitrogens with two attached hydrogens (primary N) is 1. The highest BCUT2D eigenvalue weighted by molar-refractivity contribution is 5.75. The fourth-order valence-electron chi connectivity index (χ4n) is 2.17. The molecule has 0 spiro atoms. The first-order valence-electron chi connectivity index (χ1n) is 6.09. The van der Waals surface area contributed by atoms with Gasteiger partial charge in [-0.2, -0.15) is 0 Å². The van der Waals surface area contributed by atoms with Crippen LogP contribution in [0.2, 0.25) is 0 Å². The molecule has 0 aromatic rings. The molecule has 0 aromatic carbocycles. The van der Waals surface area contributed by atoms with Crippen LogP contribution in [0.25, 0.3) is 0 Å². The molecule has 3 nitrogen and oxygen atoms in total. The first-order valence-corrected chi connectivity index (χ1v) is 6.09. The van der Waals surface area contributed by atoms with Gasteiger partial charge < -0.3 is 10.5 Å². The van der Waals surface area contributed by atoms with Gasteiger partial charge in [-0.3, -0.25) is 4.79 Å². The molecule has 0 heterocycles. The number of hydrogen-bond acceptors (Lipinski definition) is 3. The highest BCUT2D eigenvalue weighted by atomic mass is 16.5. The molecule has 2 N–H and O–H groups in total. The van der Waals surface area contributed by atoms with Crippen molar-refractivity contribution < 1.29 is 9.53 Å². The molecule has 1 fully saturated rings. The standard InChI is InChI=1S/C12H23NO2/c1-3-5-11(13)12(14)15-10-7-4-6-9(2)8-10/h9-11H,3-8,13H2,1-2H3/t9?,10?,11-/m0/s1. The molecule has 0 amide bonds. The summed E-state index contributed by atoms with van der Waals surface area (Å²) in [5.41, 5.74) is 5.71. The molecule has 3 atom stereocenters. The number of ether oxygens (including phenoxy) is 1. The second-order valence-corrected chi connectivity index (χ2v) is 4.73. The average Bonchev–Trinajstić information content (AvgIpc) is 2.18. The fourth-order valence-corrected chi connectivity index (χ4v) is 2.17. The van der Waals surface area contributed by atoms with E-state index in [1.165, 1.54) is 12.8 Å². The topological polar surface area (TPSA) is 52.3 Å². The van der Waals surface area contributed by atoms with Crippen LogP contribution in [0.4, 0.5) is 0 Å². The molecular formula is C12H23NO2. The minimum Gasteiger partial charge on any atom is -0.461 e. The predicted molar refractivity (Wildman–Crippen MR) is 60.4 cm³/mol. The predicted octanol–water partition coefficient (Wildman–Crippen LogP) is 2.24. The quantitative estimate of drug-likeness (QED) is 0.729. The third-order valence-corrected chi connectivity index (χ3v) is 3.07. The van der Waals surface area contributed by atoms with Gasteiger partial charge in [-0.25, -0.2) is 0 Å². The SMILES string of the molecule is CCC[C@H](N)C(=O)OC1CCCC(C)C1. The molecule has 1 saturated carbocycles. The van der Waals surface area contributed by atoms with Crippen LogP contribution in [-0.4, -0.2) is 18.1 Å². The molecule has 1 aliphatic rings. The Labute approximate surface area is 92.4 Å². The van der Waals surface area contributed by atoms with E-state index in [0.717, 1.165) is 25.7 Å². The molecule has 3 heteroatoms. The normalized spacial score (nSPS) is 28.5. The van der Waals surface area contributed by atoms with Crippen LogP contribution >= 0.6 is 0 Å². The van der Waals surface area contributed by atoms with Crippen LogP contribution in [0.5, 0.6) is 0 Å². The maximum Gasteiger partial charge on any atom is 0.323 e. The van der Waals surface area contributed by atoms with Crippen molar-refractivity contribution in [2.24, 2.45) is 11.7 Å². The molecule has 88 valence electrons. The number of esters is 1. The highest BCUT2D eigenvalue weighted by Gasteiger charge is 2.24. The van der Waals surface area contributed by atoms with E-state index in [2.05, 4.69) is 6.92 Å². The van der Waals surface area contributed by atoms with Gasteiger partial charge >= 0.3 is 5.97 Å². The Kier molecular flexibility index (Phi) is 5.09. The van der Waals surface area contributed by atoms with Crippen LogP contribution in [-0.2, 0) is 9.53 Å². The second kappa shape index (κ2) is 6.11. The molecule has 0 bridgehead atoms. The number of carbonyl (C=O) groups excluding carboxylic acids is 1. The molecule has 0 aromatic heterocycles. The third kappa shape index (κ3) is 4.20. The minimum atomic E-state index is -0.424. The smallest absolute Gasteiger partial charge is 0.323 e. The Hall–Kier alpha value is -0.570. The molecular weight excluding hydrogens is 190 g/mol. The lowest BCUT2D eigenvalue weighted by molar-refractivity contribution is -0.153. The third-order valence-electron chi connectivity index (χ3n) is 3.07. The zero-order valence-electron chi connectivity index (χ0n) is 9.87. The first kappa shape index (κ1) is 12.5. The average molecular weight is 213 g/mol. The van der Waals surface area contributed by atoms with E-state index < -0.39 is 6.04 Å². The van der Waals surface area contributed by atoms with E-state index in [-0.39, 0.29) is 12.1 Å². The highest BCUT2D eigenvalue weighted by Crippen LogP contribution is 2.25. The van der Waals surface area contributed by atoms with Crippen LogP contribution < -0.4 is 5.73 Å². The van der Waals surface area contributed by atoms with Crippen molar-refractivity contribution in [3.63, 3.8) is 0 Å². The zero-order valence-corrected chi connectivity index (χ0v) is 9.87. The van der Waals surface area contributed by atoms with Gasteiger partial charge in [0, 0.05) is 0 Å². The van der Waals surface area contributed by atoms with Crippen molar-refractivity contribution in [1.29, 1.82) is 0 Å². The van der Waals surface area contributed by atoms with Gasteiger partial charge in [0.05, 0.1) is 0 Å². The summed E-state index contributed by atoms with van der Waals surface area (Å²) >= 11 is 0. The Bertz CT molecular complexity index is 206. The fraction of sp³-hybridized carbons (Fsp3) is 0.917. The van der Waals surface area contributed by atoms with Crippen molar-refractivity contribution in [1.82, 2.24) is 0 Å². The molecule has 15 heavy (non-hydrogen) atoms. The zero-order chi connectivity index (χ0) is 11.3. The van der Waals surface area contributed by atoms with Crippen LogP contribution in [0.1, 0.15) is 52.4 Å². The lowest BCUT2D eigenvalue weighted by Gasteiger charge is -2.27. The van der Waals surface area contributed by atoms with Gasteiger partial charge in [-0.1, -0.05) is 26.7 Å². The largest absolute Gasteiger partial charge is 0.461 e. The molecule has 0 radical (unpaired) electrons. The molecule has 0 saturated heterocycles. The van der Waals surface area contributed by atoms with Crippen molar-refractivity contribution in [2.75, 3.05) is 0 Å².